The molecule has 38 heavy (non-hydrogen) atoms. The Bertz CT molecular complexity index is 1030. The first-order valence-electron chi connectivity index (χ1n) is 14.0. The summed E-state index contributed by atoms with van der Waals surface area (Å²) in [6.07, 6.45) is 2.22. The highest BCUT2D eigenvalue weighted by Crippen LogP contribution is 2.24. The SMILES string of the molecule is C[C@@H]1CN(Cc2ccc(C(=O)O)cc2)C[C@H](C)N1Cc1cccc(OCC2CCN(CC(C)(C)O)CC2)c1. The number of aromatic carboxylic acids is 1. The Hall–Kier alpha value is -2.45. The fourth-order valence-corrected chi connectivity index (χ4v) is 5.93. The van der Waals surface area contributed by atoms with Crippen molar-refractivity contribution in [3.05, 3.63) is 65.2 Å². The summed E-state index contributed by atoms with van der Waals surface area (Å²) in [5.74, 6) is 0.626. The number of carbonyl (C=O) groups is 1. The molecule has 208 valence electrons. The van der Waals surface area contributed by atoms with Gasteiger partial charge in [-0.25, -0.2) is 4.79 Å². The molecule has 0 spiro atoms. The van der Waals surface area contributed by atoms with E-state index in [2.05, 4.69) is 52.8 Å². The lowest BCUT2D eigenvalue weighted by atomic mass is 9.96. The van der Waals surface area contributed by atoms with Crippen molar-refractivity contribution in [3.8, 4) is 5.75 Å². The average Bonchev–Trinajstić information content (AvgIpc) is 2.85. The molecule has 0 bridgehead atoms. The number of piperazine rings is 1. The van der Waals surface area contributed by atoms with Crippen molar-refractivity contribution in [1.29, 1.82) is 0 Å². The molecule has 0 aromatic heterocycles. The molecule has 0 amide bonds. The number of hydrogen-bond acceptors (Lipinski definition) is 6. The zero-order valence-corrected chi connectivity index (χ0v) is 23.5. The molecular weight excluding hydrogens is 478 g/mol. The van der Waals surface area contributed by atoms with Gasteiger partial charge < -0.3 is 19.8 Å². The number of hydrogen-bond donors (Lipinski definition) is 2. The van der Waals surface area contributed by atoms with Crippen LogP contribution in [0.25, 0.3) is 0 Å². The van der Waals surface area contributed by atoms with Crippen molar-refractivity contribution in [3.63, 3.8) is 0 Å². The number of likely N-dealkylation sites (tertiary alicyclic amines) is 1. The fourth-order valence-electron chi connectivity index (χ4n) is 5.93. The van der Waals surface area contributed by atoms with E-state index in [0.717, 1.165) is 76.6 Å². The third-order valence-electron chi connectivity index (χ3n) is 7.85. The van der Waals surface area contributed by atoms with E-state index in [-0.39, 0.29) is 0 Å². The lowest BCUT2D eigenvalue weighted by molar-refractivity contribution is 0.0211. The van der Waals surface area contributed by atoms with Gasteiger partial charge >= 0.3 is 5.97 Å². The molecule has 0 unspecified atom stereocenters. The molecule has 0 saturated carbocycles. The van der Waals surface area contributed by atoms with E-state index in [9.17, 15) is 9.90 Å². The zero-order valence-electron chi connectivity index (χ0n) is 23.5. The number of ether oxygens (including phenoxy) is 1. The van der Waals surface area contributed by atoms with Crippen LogP contribution in [0.4, 0.5) is 0 Å². The molecule has 7 nitrogen and oxygen atoms in total. The van der Waals surface area contributed by atoms with Crippen LogP contribution in [-0.4, -0.2) is 87.9 Å². The first-order chi connectivity index (χ1) is 18.1. The van der Waals surface area contributed by atoms with E-state index < -0.39 is 11.6 Å². The van der Waals surface area contributed by atoms with E-state index in [0.29, 0.717) is 23.6 Å². The molecule has 2 fully saturated rings. The number of benzene rings is 2. The lowest BCUT2D eigenvalue weighted by Gasteiger charge is -2.44. The van der Waals surface area contributed by atoms with Crippen LogP contribution in [0.2, 0.25) is 0 Å². The normalized spacial score (nSPS) is 22.4. The first-order valence-corrected chi connectivity index (χ1v) is 14.0. The Balaban J connectivity index is 1.25. The Labute approximate surface area is 228 Å². The summed E-state index contributed by atoms with van der Waals surface area (Å²) in [5, 5.41) is 19.2. The molecule has 2 aromatic rings. The number of carboxylic acids is 1. The predicted molar refractivity (Wildman–Crippen MR) is 151 cm³/mol. The van der Waals surface area contributed by atoms with Crippen LogP contribution in [0.5, 0.6) is 5.75 Å². The Morgan fingerprint density at radius 2 is 1.61 bits per heavy atom. The van der Waals surface area contributed by atoms with E-state index in [4.69, 9.17) is 9.84 Å². The second kappa shape index (κ2) is 12.6. The minimum Gasteiger partial charge on any atom is -0.493 e. The van der Waals surface area contributed by atoms with E-state index in [1.165, 1.54) is 5.56 Å². The van der Waals surface area contributed by atoms with Crippen molar-refractivity contribution in [1.82, 2.24) is 14.7 Å². The minimum atomic E-state index is -0.884. The molecule has 2 aromatic carbocycles. The smallest absolute Gasteiger partial charge is 0.335 e. The lowest BCUT2D eigenvalue weighted by Crippen LogP contribution is -2.55. The highest BCUT2D eigenvalue weighted by molar-refractivity contribution is 5.87. The molecule has 2 heterocycles. The molecule has 2 saturated heterocycles. The first kappa shape index (κ1) is 28.6. The van der Waals surface area contributed by atoms with Crippen LogP contribution >= 0.6 is 0 Å². The number of rotatable bonds is 10. The summed E-state index contributed by atoms with van der Waals surface area (Å²) >= 11 is 0. The van der Waals surface area contributed by atoms with Gasteiger partial charge in [0.15, 0.2) is 0 Å². The highest BCUT2D eigenvalue weighted by atomic mass is 16.5. The van der Waals surface area contributed by atoms with Gasteiger partial charge in [0.25, 0.3) is 0 Å². The van der Waals surface area contributed by atoms with Crippen LogP contribution in [0.15, 0.2) is 48.5 Å². The largest absolute Gasteiger partial charge is 0.493 e. The summed E-state index contributed by atoms with van der Waals surface area (Å²) in [5.41, 5.74) is 2.12. The second-order valence-electron chi connectivity index (χ2n) is 12.1. The second-order valence-corrected chi connectivity index (χ2v) is 12.1. The average molecular weight is 524 g/mol. The van der Waals surface area contributed by atoms with Gasteiger partial charge in [-0.3, -0.25) is 9.80 Å². The van der Waals surface area contributed by atoms with Crippen molar-refractivity contribution in [2.75, 3.05) is 39.3 Å². The third-order valence-corrected chi connectivity index (χ3v) is 7.85. The van der Waals surface area contributed by atoms with Gasteiger partial charge in [-0.05, 0) is 94.9 Å². The maximum Gasteiger partial charge on any atom is 0.335 e. The van der Waals surface area contributed by atoms with Crippen LogP contribution in [-0.2, 0) is 13.1 Å². The number of nitrogens with zero attached hydrogens (tertiary/aromatic N) is 3. The van der Waals surface area contributed by atoms with E-state index in [1.54, 1.807) is 12.1 Å². The molecule has 2 aliphatic heterocycles. The topological polar surface area (TPSA) is 76.5 Å². The van der Waals surface area contributed by atoms with Crippen molar-refractivity contribution in [2.45, 2.75) is 71.3 Å². The van der Waals surface area contributed by atoms with Gasteiger partial charge in [-0.15, -0.1) is 0 Å². The number of β-amino-alcohol motifs (C(OH)–C–C–N with tert-alkyl or cyclic N) is 1. The maximum atomic E-state index is 11.1. The Morgan fingerprint density at radius 3 is 2.21 bits per heavy atom. The predicted octanol–water partition coefficient (Wildman–Crippen LogP) is 4.34. The standard InChI is InChI=1S/C31H45N3O4/c1-23-17-33(19-25-8-10-28(11-9-25)30(35)36)18-24(2)34(23)20-27-6-5-7-29(16-27)38-21-26-12-14-32(15-13-26)22-31(3,4)37/h5-11,16,23-24,26,37H,12-15,17-22H2,1-4H3,(H,35,36)/t23-,24+. The van der Waals surface area contributed by atoms with Gasteiger partial charge in [-0.1, -0.05) is 24.3 Å². The third kappa shape index (κ3) is 8.27. The Morgan fingerprint density at radius 1 is 0.947 bits per heavy atom. The van der Waals surface area contributed by atoms with Gasteiger partial charge in [0.05, 0.1) is 17.8 Å². The zero-order chi connectivity index (χ0) is 27.3. The van der Waals surface area contributed by atoms with E-state index in [1.807, 2.05) is 26.0 Å². The summed E-state index contributed by atoms with van der Waals surface area (Å²) in [4.78, 5) is 18.5. The minimum absolute atomic E-state index is 0.332. The van der Waals surface area contributed by atoms with Gasteiger partial charge in [0.1, 0.15) is 5.75 Å². The van der Waals surface area contributed by atoms with E-state index >= 15 is 0 Å². The molecule has 2 aliphatic rings. The van der Waals surface area contributed by atoms with Crippen LogP contribution in [0, 0.1) is 5.92 Å². The maximum absolute atomic E-state index is 11.1. The van der Waals surface area contributed by atoms with Crippen molar-refractivity contribution in [2.24, 2.45) is 5.92 Å². The molecule has 7 heteroatoms. The molecule has 2 atom stereocenters. The number of carboxylic acid groups (broad SMARTS) is 1. The summed E-state index contributed by atoms with van der Waals surface area (Å²) in [6, 6.07) is 16.6. The highest BCUT2D eigenvalue weighted by Gasteiger charge is 2.29. The molecular formula is C31H45N3O4. The Kier molecular flexibility index (Phi) is 9.47. The number of piperidine rings is 1. The van der Waals surface area contributed by atoms with Crippen LogP contribution in [0.3, 0.4) is 0 Å². The van der Waals surface area contributed by atoms with Gasteiger partial charge in [0.2, 0.25) is 0 Å². The molecule has 0 aliphatic carbocycles. The van der Waals surface area contributed by atoms with Crippen LogP contribution < -0.4 is 4.74 Å². The molecule has 0 radical (unpaired) electrons. The van der Waals surface area contributed by atoms with Crippen LogP contribution in [0.1, 0.15) is 62.0 Å². The number of aliphatic hydroxyl groups is 1. The van der Waals surface area contributed by atoms with Crippen molar-refractivity contribution < 1.29 is 19.7 Å². The van der Waals surface area contributed by atoms with Crippen molar-refractivity contribution >= 4 is 5.97 Å². The molecule has 4 rings (SSSR count). The summed E-state index contributed by atoms with van der Waals surface area (Å²) in [6.45, 7) is 15.6. The van der Waals surface area contributed by atoms with Gasteiger partial charge in [-0.2, -0.15) is 0 Å². The summed E-state index contributed by atoms with van der Waals surface area (Å²) < 4.78 is 6.24. The quantitative estimate of drug-likeness (QED) is 0.480. The summed E-state index contributed by atoms with van der Waals surface area (Å²) in [7, 11) is 0. The monoisotopic (exact) mass is 523 g/mol. The molecule has 2 N–H and O–H groups in total. The van der Waals surface area contributed by atoms with Gasteiger partial charge in [0, 0.05) is 44.8 Å². The fraction of sp³-hybridized carbons (Fsp3) is 0.581.